The van der Waals surface area contributed by atoms with Crippen molar-refractivity contribution in [1.82, 2.24) is 10.2 Å². The average Bonchev–Trinajstić information content (AvgIpc) is 3.24. The predicted molar refractivity (Wildman–Crippen MR) is 75.4 cm³/mol. The summed E-state index contributed by atoms with van der Waals surface area (Å²) < 4.78 is 0. The van der Waals surface area contributed by atoms with Crippen LogP contribution in [0.3, 0.4) is 0 Å². The second-order valence-corrected chi connectivity index (χ2v) is 5.83. The molecule has 2 atom stereocenters. The molecule has 2 heteroatoms. The van der Waals surface area contributed by atoms with Gasteiger partial charge in [-0.3, -0.25) is 4.90 Å². The van der Waals surface area contributed by atoms with Crippen molar-refractivity contribution in [3.8, 4) is 0 Å². The third kappa shape index (κ3) is 2.76. The van der Waals surface area contributed by atoms with Gasteiger partial charge in [-0.2, -0.15) is 0 Å². The lowest BCUT2D eigenvalue weighted by molar-refractivity contribution is 0.112. The number of hydrogen-bond acceptors (Lipinski definition) is 2. The molecule has 98 valence electrons. The first-order valence-electron chi connectivity index (χ1n) is 7.38. The Labute approximate surface area is 110 Å². The van der Waals surface area contributed by atoms with Gasteiger partial charge in [0.1, 0.15) is 0 Å². The molecule has 1 aliphatic heterocycles. The van der Waals surface area contributed by atoms with E-state index in [1.165, 1.54) is 37.9 Å². The van der Waals surface area contributed by atoms with Crippen LogP contribution in [0.2, 0.25) is 0 Å². The van der Waals surface area contributed by atoms with Crippen molar-refractivity contribution in [2.45, 2.75) is 44.8 Å². The number of nitrogens with zero attached hydrogens (tertiary/aromatic N) is 1. The Bertz CT molecular complexity index is 372. The molecule has 1 N–H and O–H groups in total. The normalized spacial score (nSPS) is 29.4. The molecule has 1 aliphatic carbocycles. The summed E-state index contributed by atoms with van der Waals surface area (Å²) in [7, 11) is 0. The molecule has 2 nitrogen and oxygen atoms in total. The van der Waals surface area contributed by atoms with Gasteiger partial charge in [-0.05, 0) is 30.7 Å². The van der Waals surface area contributed by atoms with Crippen molar-refractivity contribution in [3.05, 3.63) is 35.9 Å². The molecule has 1 saturated heterocycles. The molecule has 0 radical (unpaired) electrons. The molecule has 2 fully saturated rings. The van der Waals surface area contributed by atoms with Crippen molar-refractivity contribution < 1.29 is 0 Å². The van der Waals surface area contributed by atoms with Crippen molar-refractivity contribution >= 4 is 0 Å². The Morgan fingerprint density at radius 2 is 2.00 bits per heavy atom. The summed E-state index contributed by atoms with van der Waals surface area (Å²) in [4.78, 5) is 2.69. The maximum absolute atomic E-state index is 3.76. The van der Waals surface area contributed by atoms with Gasteiger partial charge < -0.3 is 5.32 Å². The molecule has 0 amide bonds. The number of nitrogens with one attached hydrogen (secondary N) is 1. The molecule has 0 spiro atoms. The van der Waals surface area contributed by atoms with Crippen LogP contribution in [-0.2, 0) is 6.54 Å². The summed E-state index contributed by atoms with van der Waals surface area (Å²) in [6.07, 6.45) is 4.12. The molecule has 3 rings (SSSR count). The quantitative estimate of drug-likeness (QED) is 0.876. The molecule has 0 aromatic heterocycles. The topological polar surface area (TPSA) is 15.3 Å². The average molecular weight is 244 g/mol. The van der Waals surface area contributed by atoms with Gasteiger partial charge >= 0.3 is 0 Å². The number of benzene rings is 1. The number of piperazine rings is 1. The van der Waals surface area contributed by atoms with E-state index in [0.717, 1.165) is 18.5 Å². The number of hydrogen-bond donors (Lipinski definition) is 1. The zero-order valence-corrected chi connectivity index (χ0v) is 11.3. The molecule has 0 bridgehead atoms. The lowest BCUT2D eigenvalue weighted by atomic mass is 10.0. The van der Waals surface area contributed by atoms with Gasteiger partial charge in [-0.25, -0.2) is 0 Å². The molecular weight excluding hydrogens is 220 g/mol. The van der Waals surface area contributed by atoms with Crippen LogP contribution in [0.1, 0.15) is 31.7 Å². The highest BCUT2D eigenvalue weighted by Crippen LogP contribution is 2.34. The zero-order valence-electron chi connectivity index (χ0n) is 11.3. The van der Waals surface area contributed by atoms with E-state index < -0.39 is 0 Å². The van der Waals surface area contributed by atoms with Crippen LogP contribution in [-0.4, -0.2) is 30.1 Å². The van der Waals surface area contributed by atoms with Crippen LogP contribution in [0, 0.1) is 5.92 Å². The summed E-state index contributed by atoms with van der Waals surface area (Å²) in [6, 6.07) is 12.4. The molecular formula is C16H24N2. The first-order chi connectivity index (χ1) is 8.86. The Hall–Kier alpha value is -0.860. The fourth-order valence-corrected chi connectivity index (χ4v) is 3.11. The lowest BCUT2D eigenvalue weighted by Gasteiger charge is -2.40. The predicted octanol–water partition coefficient (Wildman–Crippen LogP) is 2.65. The van der Waals surface area contributed by atoms with Crippen molar-refractivity contribution in [2.75, 3.05) is 13.1 Å². The van der Waals surface area contributed by atoms with E-state index in [1.54, 1.807) is 0 Å². The minimum absolute atomic E-state index is 0.709. The van der Waals surface area contributed by atoms with E-state index in [4.69, 9.17) is 0 Å². The zero-order chi connectivity index (χ0) is 12.4. The summed E-state index contributed by atoms with van der Waals surface area (Å²) in [5.74, 6) is 0.959. The molecule has 2 unspecified atom stereocenters. The molecule has 1 saturated carbocycles. The minimum atomic E-state index is 0.709. The van der Waals surface area contributed by atoms with E-state index >= 15 is 0 Å². The highest BCUT2D eigenvalue weighted by Gasteiger charge is 2.36. The first-order valence-corrected chi connectivity index (χ1v) is 7.38. The van der Waals surface area contributed by atoms with Gasteiger partial charge in [0.2, 0.25) is 0 Å². The fraction of sp³-hybridized carbons (Fsp3) is 0.625. The molecule has 1 heterocycles. The Kier molecular flexibility index (Phi) is 3.67. The van der Waals surface area contributed by atoms with Gasteiger partial charge in [0.15, 0.2) is 0 Å². The lowest BCUT2D eigenvalue weighted by Crippen LogP contribution is -2.56. The summed E-state index contributed by atoms with van der Waals surface area (Å²) in [5, 5.41) is 3.76. The highest BCUT2D eigenvalue weighted by atomic mass is 15.2. The standard InChI is InChI=1S/C16H24N2/c1-2-15-10-17-16(14-8-9-14)12-18(15)11-13-6-4-3-5-7-13/h3-7,14-17H,2,8-12H2,1H3. The van der Waals surface area contributed by atoms with Gasteiger partial charge in [0.05, 0.1) is 0 Å². The van der Waals surface area contributed by atoms with Gasteiger partial charge in [0, 0.05) is 31.7 Å². The fourth-order valence-electron chi connectivity index (χ4n) is 3.11. The largest absolute Gasteiger partial charge is 0.311 e. The monoisotopic (exact) mass is 244 g/mol. The van der Waals surface area contributed by atoms with E-state index in [-0.39, 0.29) is 0 Å². The van der Waals surface area contributed by atoms with Gasteiger partial charge in [-0.1, -0.05) is 37.3 Å². The summed E-state index contributed by atoms with van der Waals surface area (Å²) in [6.45, 7) is 5.83. The molecule has 1 aromatic rings. The Balaban J connectivity index is 1.66. The highest BCUT2D eigenvalue weighted by molar-refractivity contribution is 5.15. The van der Waals surface area contributed by atoms with Crippen LogP contribution in [0.5, 0.6) is 0 Å². The summed E-state index contributed by atoms with van der Waals surface area (Å²) in [5.41, 5.74) is 1.45. The summed E-state index contributed by atoms with van der Waals surface area (Å²) >= 11 is 0. The maximum Gasteiger partial charge on any atom is 0.0237 e. The number of rotatable bonds is 4. The Morgan fingerprint density at radius 1 is 1.22 bits per heavy atom. The minimum Gasteiger partial charge on any atom is -0.311 e. The van der Waals surface area contributed by atoms with Crippen LogP contribution in [0.25, 0.3) is 0 Å². The van der Waals surface area contributed by atoms with E-state index in [0.29, 0.717) is 6.04 Å². The smallest absolute Gasteiger partial charge is 0.0237 e. The second-order valence-electron chi connectivity index (χ2n) is 5.83. The van der Waals surface area contributed by atoms with Crippen molar-refractivity contribution in [1.29, 1.82) is 0 Å². The molecule has 2 aliphatic rings. The van der Waals surface area contributed by atoms with Crippen LogP contribution >= 0.6 is 0 Å². The van der Waals surface area contributed by atoms with Crippen LogP contribution in [0.4, 0.5) is 0 Å². The van der Waals surface area contributed by atoms with Gasteiger partial charge in [0.25, 0.3) is 0 Å². The van der Waals surface area contributed by atoms with Crippen molar-refractivity contribution in [3.63, 3.8) is 0 Å². The Morgan fingerprint density at radius 3 is 2.67 bits per heavy atom. The third-order valence-electron chi connectivity index (χ3n) is 4.45. The SMILES string of the molecule is CCC1CNC(C2CC2)CN1Cc1ccccc1. The van der Waals surface area contributed by atoms with E-state index in [1.807, 2.05) is 0 Å². The van der Waals surface area contributed by atoms with E-state index in [2.05, 4.69) is 47.5 Å². The second kappa shape index (κ2) is 5.41. The van der Waals surface area contributed by atoms with Gasteiger partial charge in [-0.15, -0.1) is 0 Å². The van der Waals surface area contributed by atoms with E-state index in [9.17, 15) is 0 Å². The van der Waals surface area contributed by atoms with Crippen LogP contribution in [0.15, 0.2) is 30.3 Å². The molecule has 18 heavy (non-hydrogen) atoms. The third-order valence-corrected chi connectivity index (χ3v) is 4.45. The van der Waals surface area contributed by atoms with Crippen molar-refractivity contribution in [2.24, 2.45) is 5.92 Å². The molecule has 1 aromatic carbocycles. The maximum atomic E-state index is 3.76. The first kappa shape index (κ1) is 12.2. The van der Waals surface area contributed by atoms with Crippen LogP contribution < -0.4 is 5.32 Å².